The van der Waals surface area contributed by atoms with Crippen LogP contribution in [-0.2, 0) is 16.4 Å². The molecule has 4 aromatic rings. The predicted molar refractivity (Wildman–Crippen MR) is 176 cm³/mol. The highest BCUT2D eigenvalue weighted by atomic mass is 32.2. The highest BCUT2D eigenvalue weighted by molar-refractivity contribution is 7.91. The summed E-state index contributed by atoms with van der Waals surface area (Å²) >= 11 is 1.46. The van der Waals surface area contributed by atoms with Gasteiger partial charge in [-0.2, -0.15) is 0 Å². The largest absolute Gasteiger partial charge is 0.490 e. The number of carbonyl (C=O) groups excluding carboxylic acids is 2. The molecular weight excluding hydrogens is 625 g/mol. The molecule has 0 unspecified atom stereocenters. The first kappa shape index (κ1) is 31.9. The molecule has 12 heteroatoms. The van der Waals surface area contributed by atoms with E-state index < -0.39 is 27.3 Å². The van der Waals surface area contributed by atoms with Crippen LogP contribution in [0.15, 0.2) is 76.7 Å². The van der Waals surface area contributed by atoms with Crippen molar-refractivity contribution >= 4 is 38.7 Å². The lowest BCUT2D eigenvalue weighted by Crippen LogP contribution is -2.45. The molecule has 3 N–H and O–H groups in total. The topological polar surface area (TPSA) is 138 Å². The van der Waals surface area contributed by atoms with Gasteiger partial charge in [0.05, 0.1) is 33.2 Å². The number of hydrogen-bond acceptors (Lipinski definition) is 9. The minimum atomic E-state index is -3.97. The molecule has 3 heterocycles. The fourth-order valence-electron chi connectivity index (χ4n) is 5.89. The van der Waals surface area contributed by atoms with Gasteiger partial charge in [0, 0.05) is 41.8 Å². The molecule has 6 rings (SSSR count). The van der Waals surface area contributed by atoms with Gasteiger partial charge in [-0.05, 0) is 87.7 Å². The van der Waals surface area contributed by atoms with Crippen molar-refractivity contribution in [3.8, 4) is 16.3 Å². The van der Waals surface area contributed by atoms with Crippen LogP contribution in [0.4, 0.5) is 5.69 Å². The Bertz CT molecular complexity index is 1890. The minimum absolute atomic E-state index is 0.0454. The van der Waals surface area contributed by atoms with E-state index >= 15 is 0 Å². The number of anilines is 1. The maximum absolute atomic E-state index is 13.4. The van der Waals surface area contributed by atoms with Crippen LogP contribution in [0.5, 0.6) is 5.75 Å². The standard InChI is InChI=1S/C34H36N4O6S2/c1-21-26(12-13-29-30(21)37-32(40)27-6-4-5-7-28(27)46(29,42)43)31(39)35-18-25-19-36-33(45-25)22-8-10-23(11-9-22)44-24-14-16-38(17-15-24)20-34(2,3)41/h4-13,19,24,41H,14-18,20H2,1-3H3,(H,35,39)(H,37,40). The highest BCUT2D eigenvalue weighted by Crippen LogP contribution is 2.37. The molecule has 10 nitrogen and oxygen atoms in total. The maximum Gasteiger partial charge on any atom is 0.257 e. The zero-order chi connectivity index (χ0) is 32.6. The van der Waals surface area contributed by atoms with Gasteiger partial charge in [-0.3, -0.25) is 9.59 Å². The summed E-state index contributed by atoms with van der Waals surface area (Å²) in [7, 11) is -3.97. The zero-order valence-corrected chi connectivity index (χ0v) is 27.5. The number of fused-ring (bicyclic) bond motifs is 2. The van der Waals surface area contributed by atoms with E-state index in [9.17, 15) is 23.1 Å². The lowest BCUT2D eigenvalue weighted by Gasteiger charge is -2.35. The van der Waals surface area contributed by atoms with Crippen molar-refractivity contribution in [1.29, 1.82) is 0 Å². The molecule has 2 aliphatic heterocycles. The van der Waals surface area contributed by atoms with Crippen LogP contribution in [0, 0.1) is 6.92 Å². The molecule has 0 radical (unpaired) electrons. The Morgan fingerprint density at radius 1 is 1.09 bits per heavy atom. The van der Waals surface area contributed by atoms with Gasteiger partial charge in [-0.15, -0.1) is 11.3 Å². The van der Waals surface area contributed by atoms with Crippen LogP contribution in [0.1, 0.15) is 57.8 Å². The van der Waals surface area contributed by atoms with Gasteiger partial charge >= 0.3 is 0 Å². The summed E-state index contributed by atoms with van der Waals surface area (Å²) in [6.45, 7) is 7.96. The van der Waals surface area contributed by atoms with E-state index in [4.69, 9.17) is 4.74 Å². The molecule has 0 bridgehead atoms. The van der Waals surface area contributed by atoms with Gasteiger partial charge in [-0.25, -0.2) is 13.4 Å². The van der Waals surface area contributed by atoms with Crippen LogP contribution in [0.25, 0.3) is 10.6 Å². The highest BCUT2D eigenvalue weighted by Gasteiger charge is 2.33. The van der Waals surface area contributed by atoms with Gasteiger partial charge in [0.25, 0.3) is 11.8 Å². The van der Waals surface area contributed by atoms with Crippen molar-refractivity contribution in [2.75, 3.05) is 25.0 Å². The molecule has 2 aliphatic rings. The average Bonchev–Trinajstić information content (AvgIpc) is 3.47. The third-order valence-corrected chi connectivity index (χ3v) is 11.0. The number of piperidine rings is 1. The molecule has 3 aromatic carbocycles. The van der Waals surface area contributed by atoms with E-state index in [0.717, 1.165) is 47.1 Å². The van der Waals surface area contributed by atoms with Crippen molar-refractivity contribution < 1.29 is 27.9 Å². The van der Waals surface area contributed by atoms with Crippen molar-refractivity contribution in [2.45, 2.75) is 61.7 Å². The van der Waals surface area contributed by atoms with Crippen LogP contribution in [0.3, 0.4) is 0 Å². The van der Waals surface area contributed by atoms with Gasteiger partial charge in [0.2, 0.25) is 9.84 Å². The molecule has 46 heavy (non-hydrogen) atoms. The minimum Gasteiger partial charge on any atom is -0.490 e. The predicted octanol–water partition coefficient (Wildman–Crippen LogP) is 5.06. The van der Waals surface area contributed by atoms with Gasteiger partial charge in [-0.1, -0.05) is 12.1 Å². The fraction of sp³-hybridized carbons (Fsp3) is 0.324. The molecule has 0 spiro atoms. The number of likely N-dealkylation sites (tertiary alicyclic amines) is 1. The summed E-state index contributed by atoms with van der Waals surface area (Å²) in [4.78, 5) is 33.6. The van der Waals surface area contributed by atoms with E-state index in [1.165, 1.54) is 35.6 Å². The Kier molecular flexibility index (Phi) is 8.73. The van der Waals surface area contributed by atoms with E-state index in [1.54, 1.807) is 25.3 Å². The number of ether oxygens (including phenoxy) is 1. The zero-order valence-electron chi connectivity index (χ0n) is 25.9. The Morgan fingerprint density at radius 2 is 1.80 bits per heavy atom. The first-order chi connectivity index (χ1) is 21.9. The maximum atomic E-state index is 13.4. The molecule has 1 aromatic heterocycles. The summed E-state index contributed by atoms with van der Waals surface area (Å²) in [6, 6.07) is 16.7. The Balaban J connectivity index is 1.07. The van der Waals surface area contributed by atoms with Crippen molar-refractivity contribution in [3.05, 3.63) is 88.4 Å². The number of aliphatic hydroxyl groups is 1. The number of aromatic nitrogens is 1. The van der Waals surface area contributed by atoms with Crippen LogP contribution < -0.4 is 15.4 Å². The molecule has 0 saturated carbocycles. The van der Waals surface area contributed by atoms with Crippen molar-refractivity contribution in [3.63, 3.8) is 0 Å². The van der Waals surface area contributed by atoms with E-state index in [1.807, 2.05) is 38.1 Å². The summed E-state index contributed by atoms with van der Waals surface area (Å²) in [6.07, 6.45) is 3.68. The lowest BCUT2D eigenvalue weighted by molar-refractivity contribution is 0.0140. The molecule has 1 saturated heterocycles. The van der Waals surface area contributed by atoms with Crippen LogP contribution >= 0.6 is 11.3 Å². The first-order valence-corrected chi connectivity index (χ1v) is 17.4. The van der Waals surface area contributed by atoms with Gasteiger partial charge < -0.3 is 25.4 Å². The van der Waals surface area contributed by atoms with Gasteiger partial charge in [0.15, 0.2) is 0 Å². The second-order valence-electron chi connectivity index (χ2n) is 12.3. The van der Waals surface area contributed by atoms with Gasteiger partial charge in [0.1, 0.15) is 16.9 Å². The molecule has 1 fully saturated rings. The summed E-state index contributed by atoms with van der Waals surface area (Å²) in [5, 5.41) is 16.5. The molecule has 0 atom stereocenters. The second kappa shape index (κ2) is 12.6. The smallest absolute Gasteiger partial charge is 0.257 e. The van der Waals surface area contributed by atoms with Crippen LogP contribution in [0.2, 0.25) is 0 Å². The summed E-state index contributed by atoms with van der Waals surface area (Å²) in [5.74, 6) is -0.132. The molecular formula is C34H36N4O6S2. The number of sulfone groups is 1. The number of amides is 2. The Hall–Kier alpha value is -4.10. The number of carbonyl (C=O) groups is 2. The van der Waals surface area contributed by atoms with Crippen molar-refractivity contribution in [2.24, 2.45) is 0 Å². The van der Waals surface area contributed by atoms with E-state index in [-0.39, 0.29) is 39.3 Å². The normalized spacial score (nSPS) is 16.6. The third-order valence-electron chi connectivity index (χ3n) is 8.15. The fourth-order valence-corrected chi connectivity index (χ4v) is 8.41. The number of thiazole rings is 1. The SMILES string of the molecule is Cc1c(C(=O)NCc2cnc(-c3ccc(OC4CCN(CC(C)(C)O)CC4)cc3)s2)ccc2c1NC(=O)c1ccccc1S2(=O)=O. The number of rotatable bonds is 8. The molecule has 0 aliphatic carbocycles. The summed E-state index contributed by atoms with van der Waals surface area (Å²) < 4.78 is 32.9. The number of nitrogens with zero attached hydrogens (tertiary/aromatic N) is 2. The Labute approximate surface area is 272 Å². The number of β-amino-alcohol motifs (C(OH)–C–C–N with tert-alkyl or cyclic N) is 1. The lowest BCUT2D eigenvalue weighted by atomic mass is 10.0. The molecule has 240 valence electrons. The monoisotopic (exact) mass is 660 g/mol. The van der Waals surface area contributed by atoms with Crippen LogP contribution in [-0.4, -0.2) is 66.6 Å². The summed E-state index contributed by atoms with van der Waals surface area (Å²) in [5.41, 5.74) is 1.04. The number of benzene rings is 3. The van der Waals surface area contributed by atoms with Crippen molar-refractivity contribution in [1.82, 2.24) is 15.2 Å². The number of nitrogens with one attached hydrogen (secondary N) is 2. The average molecular weight is 661 g/mol. The van der Waals surface area contributed by atoms with E-state index in [2.05, 4.69) is 20.5 Å². The quantitative estimate of drug-likeness (QED) is 0.239. The first-order valence-electron chi connectivity index (χ1n) is 15.1. The Morgan fingerprint density at radius 3 is 2.52 bits per heavy atom. The third kappa shape index (κ3) is 6.70. The van der Waals surface area contributed by atoms with E-state index in [0.29, 0.717) is 12.1 Å². The molecule has 2 amide bonds. The second-order valence-corrected chi connectivity index (χ2v) is 15.3. The number of hydrogen-bond donors (Lipinski definition) is 3.